The van der Waals surface area contributed by atoms with Gasteiger partial charge < -0.3 is 24.0 Å². The van der Waals surface area contributed by atoms with Crippen molar-refractivity contribution < 1.29 is 23.8 Å². The molecule has 2 aliphatic heterocycles. The van der Waals surface area contributed by atoms with Crippen LogP contribution in [0.2, 0.25) is 0 Å². The summed E-state index contributed by atoms with van der Waals surface area (Å²) >= 11 is 0. The lowest BCUT2D eigenvalue weighted by Gasteiger charge is -2.37. The molecular weight excluding hydrogens is 422 g/mol. The second-order valence-electron chi connectivity index (χ2n) is 8.58. The molecule has 1 amide bonds. The van der Waals surface area contributed by atoms with Gasteiger partial charge in [0.05, 0.1) is 31.9 Å². The highest BCUT2D eigenvalue weighted by molar-refractivity contribution is 6.09. The van der Waals surface area contributed by atoms with Crippen molar-refractivity contribution in [2.45, 2.75) is 39.0 Å². The van der Waals surface area contributed by atoms with E-state index in [-0.39, 0.29) is 18.4 Å². The number of anilines is 1. The average Bonchev–Trinajstić information content (AvgIpc) is 2.87. The van der Waals surface area contributed by atoms with Crippen LogP contribution in [-0.2, 0) is 9.53 Å². The minimum atomic E-state index is -0.418. The second kappa shape index (κ2) is 10.3. The van der Waals surface area contributed by atoms with Crippen LogP contribution in [0.3, 0.4) is 0 Å². The van der Waals surface area contributed by atoms with Crippen molar-refractivity contribution in [3.05, 3.63) is 23.9 Å². The van der Waals surface area contributed by atoms with Gasteiger partial charge in [0.1, 0.15) is 22.6 Å². The molecule has 33 heavy (non-hydrogen) atoms. The smallest absolute Gasteiger partial charge is 0.341 e. The lowest BCUT2D eigenvalue weighted by molar-refractivity contribution is -0.137. The van der Waals surface area contributed by atoms with Crippen molar-refractivity contribution in [1.82, 2.24) is 9.88 Å². The number of esters is 1. The molecule has 2 aliphatic rings. The van der Waals surface area contributed by atoms with Crippen LogP contribution >= 0.6 is 0 Å². The van der Waals surface area contributed by atoms with Crippen LogP contribution in [0.1, 0.15) is 49.4 Å². The SMILES string of the molecule is CCOC(=O)c1cnc2c(OC)ccc(OC)c2c1N1CCC(C(=O)N2CCCCC2)CC1. The quantitative estimate of drug-likeness (QED) is 0.615. The van der Waals surface area contributed by atoms with Crippen molar-refractivity contribution in [1.29, 1.82) is 0 Å². The van der Waals surface area contributed by atoms with Gasteiger partial charge in [0, 0.05) is 38.3 Å². The van der Waals surface area contributed by atoms with Crippen LogP contribution in [-0.4, -0.2) is 68.8 Å². The number of nitrogens with zero attached hydrogens (tertiary/aromatic N) is 3. The summed E-state index contributed by atoms with van der Waals surface area (Å²) < 4.78 is 16.5. The molecule has 0 saturated carbocycles. The Balaban J connectivity index is 1.69. The van der Waals surface area contributed by atoms with Crippen LogP contribution in [0.4, 0.5) is 5.69 Å². The molecule has 0 N–H and O–H groups in total. The first-order valence-corrected chi connectivity index (χ1v) is 11.8. The van der Waals surface area contributed by atoms with Crippen molar-refractivity contribution in [2.75, 3.05) is 51.9 Å². The Bertz CT molecular complexity index is 1010. The number of amides is 1. The van der Waals surface area contributed by atoms with Gasteiger partial charge in [-0.15, -0.1) is 0 Å². The Morgan fingerprint density at radius 2 is 1.67 bits per heavy atom. The molecule has 2 fully saturated rings. The minimum Gasteiger partial charge on any atom is -0.496 e. The van der Waals surface area contributed by atoms with E-state index >= 15 is 0 Å². The lowest BCUT2D eigenvalue weighted by Crippen LogP contribution is -2.44. The Morgan fingerprint density at radius 1 is 1.00 bits per heavy atom. The fourth-order valence-corrected chi connectivity index (χ4v) is 4.98. The zero-order chi connectivity index (χ0) is 23.4. The zero-order valence-corrected chi connectivity index (χ0v) is 19.8. The molecular formula is C25H33N3O5. The number of benzene rings is 1. The normalized spacial score (nSPS) is 17.2. The highest BCUT2D eigenvalue weighted by Crippen LogP contribution is 2.41. The number of aromatic nitrogens is 1. The number of carbonyl (C=O) groups excluding carboxylic acids is 2. The predicted octanol–water partition coefficient (Wildman–Crippen LogP) is 3.66. The molecule has 0 unspecified atom stereocenters. The van der Waals surface area contributed by atoms with Crippen LogP contribution in [0.25, 0.3) is 10.9 Å². The second-order valence-corrected chi connectivity index (χ2v) is 8.58. The summed E-state index contributed by atoms with van der Waals surface area (Å²) in [6, 6.07) is 3.64. The van der Waals surface area contributed by atoms with E-state index in [0.717, 1.165) is 49.8 Å². The van der Waals surface area contributed by atoms with Gasteiger partial charge in [-0.25, -0.2) is 4.79 Å². The summed E-state index contributed by atoms with van der Waals surface area (Å²) in [5.41, 5.74) is 1.76. The van der Waals surface area contributed by atoms with E-state index < -0.39 is 5.97 Å². The molecule has 0 spiro atoms. The molecule has 0 radical (unpaired) electrons. The number of ether oxygens (including phenoxy) is 3. The van der Waals surface area contributed by atoms with E-state index in [9.17, 15) is 9.59 Å². The number of hydrogen-bond donors (Lipinski definition) is 0. The molecule has 0 atom stereocenters. The molecule has 0 aliphatic carbocycles. The van der Waals surface area contributed by atoms with Gasteiger partial charge in [0.25, 0.3) is 0 Å². The molecule has 1 aromatic carbocycles. The van der Waals surface area contributed by atoms with Crippen molar-refractivity contribution in [3.8, 4) is 11.5 Å². The largest absolute Gasteiger partial charge is 0.496 e. The van der Waals surface area contributed by atoms with Crippen LogP contribution in [0.15, 0.2) is 18.3 Å². The zero-order valence-electron chi connectivity index (χ0n) is 19.8. The number of carbonyl (C=O) groups is 2. The fraction of sp³-hybridized carbons (Fsp3) is 0.560. The Hall–Kier alpha value is -3.03. The van der Waals surface area contributed by atoms with Crippen LogP contribution < -0.4 is 14.4 Å². The first kappa shape index (κ1) is 23.1. The van der Waals surface area contributed by atoms with Crippen molar-refractivity contribution >= 4 is 28.5 Å². The highest BCUT2D eigenvalue weighted by Gasteiger charge is 2.32. The molecule has 8 nitrogen and oxygen atoms in total. The summed E-state index contributed by atoms with van der Waals surface area (Å²) in [5.74, 6) is 1.11. The topological polar surface area (TPSA) is 81.2 Å². The van der Waals surface area contributed by atoms with E-state index in [2.05, 4.69) is 9.88 Å². The molecule has 8 heteroatoms. The van der Waals surface area contributed by atoms with Crippen LogP contribution in [0.5, 0.6) is 11.5 Å². The number of piperidine rings is 2. The van der Waals surface area contributed by atoms with E-state index in [1.165, 1.54) is 6.42 Å². The van der Waals surface area contributed by atoms with Gasteiger partial charge in [-0.05, 0) is 51.2 Å². The fourth-order valence-electron chi connectivity index (χ4n) is 4.98. The van der Waals surface area contributed by atoms with Crippen LogP contribution in [0, 0.1) is 5.92 Å². The van der Waals surface area contributed by atoms with Crippen molar-refractivity contribution in [3.63, 3.8) is 0 Å². The van der Waals surface area contributed by atoms with E-state index in [0.29, 0.717) is 35.7 Å². The number of likely N-dealkylation sites (tertiary alicyclic amines) is 1. The molecule has 0 bridgehead atoms. The first-order valence-electron chi connectivity index (χ1n) is 11.8. The first-order chi connectivity index (χ1) is 16.1. The monoisotopic (exact) mass is 455 g/mol. The maximum absolute atomic E-state index is 13.0. The third kappa shape index (κ3) is 4.56. The Morgan fingerprint density at radius 3 is 2.30 bits per heavy atom. The third-order valence-corrected chi connectivity index (χ3v) is 6.68. The van der Waals surface area contributed by atoms with E-state index in [1.807, 2.05) is 17.0 Å². The predicted molar refractivity (Wildman–Crippen MR) is 126 cm³/mol. The van der Waals surface area contributed by atoms with Gasteiger partial charge in [-0.3, -0.25) is 9.78 Å². The standard InChI is InChI=1S/C25H33N3O5/c1-4-33-25(30)18-16-26-22-20(32-3)9-8-19(31-2)21(22)23(18)27-14-10-17(11-15-27)24(29)28-12-6-5-7-13-28/h8-9,16-17H,4-7,10-15H2,1-3H3. The third-order valence-electron chi connectivity index (χ3n) is 6.68. The number of fused-ring (bicyclic) bond motifs is 1. The van der Waals surface area contributed by atoms with Gasteiger partial charge in [-0.1, -0.05) is 0 Å². The summed E-state index contributed by atoms with van der Waals surface area (Å²) in [5, 5.41) is 0.725. The number of pyridine rings is 1. The lowest BCUT2D eigenvalue weighted by atomic mass is 9.93. The van der Waals surface area contributed by atoms with E-state index in [1.54, 1.807) is 27.3 Å². The molecule has 2 saturated heterocycles. The van der Waals surface area contributed by atoms with Gasteiger partial charge in [-0.2, -0.15) is 0 Å². The molecule has 1 aromatic heterocycles. The van der Waals surface area contributed by atoms with Gasteiger partial charge >= 0.3 is 5.97 Å². The van der Waals surface area contributed by atoms with E-state index in [4.69, 9.17) is 14.2 Å². The summed E-state index contributed by atoms with van der Waals surface area (Å²) in [6.07, 6.45) is 6.44. The summed E-state index contributed by atoms with van der Waals surface area (Å²) in [7, 11) is 3.20. The molecule has 2 aromatic rings. The van der Waals surface area contributed by atoms with Crippen molar-refractivity contribution in [2.24, 2.45) is 5.92 Å². The van der Waals surface area contributed by atoms with Gasteiger partial charge in [0.2, 0.25) is 5.91 Å². The van der Waals surface area contributed by atoms with Gasteiger partial charge in [0.15, 0.2) is 0 Å². The number of hydrogen-bond acceptors (Lipinski definition) is 7. The number of rotatable bonds is 6. The Kier molecular flexibility index (Phi) is 7.20. The molecule has 3 heterocycles. The molecule has 4 rings (SSSR count). The highest BCUT2D eigenvalue weighted by atomic mass is 16.5. The Labute approximate surface area is 194 Å². The average molecular weight is 456 g/mol. The maximum atomic E-state index is 13.0. The molecule has 178 valence electrons. The maximum Gasteiger partial charge on any atom is 0.341 e. The summed E-state index contributed by atoms with van der Waals surface area (Å²) in [4.78, 5) is 34.6. The number of methoxy groups -OCH3 is 2. The summed E-state index contributed by atoms with van der Waals surface area (Å²) in [6.45, 7) is 5.13. The minimum absolute atomic E-state index is 0.0231.